The summed E-state index contributed by atoms with van der Waals surface area (Å²) in [5, 5.41) is 3.16. The van der Waals surface area contributed by atoms with Gasteiger partial charge < -0.3 is 10.2 Å². The quantitative estimate of drug-likeness (QED) is 0.771. The predicted molar refractivity (Wildman–Crippen MR) is 108 cm³/mol. The van der Waals surface area contributed by atoms with Crippen molar-refractivity contribution in [1.82, 2.24) is 10.2 Å². The molecule has 0 unspecified atom stereocenters. The summed E-state index contributed by atoms with van der Waals surface area (Å²) < 4.78 is 0. The minimum absolute atomic E-state index is 0.0234. The van der Waals surface area contributed by atoms with Gasteiger partial charge in [0, 0.05) is 19.1 Å². The third kappa shape index (κ3) is 5.02. The molecule has 27 heavy (non-hydrogen) atoms. The number of nitrogens with one attached hydrogen (secondary N) is 1. The van der Waals surface area contributed by atoms with Crippen molar-refractivity contribution < 1.29 is 9.59 Å². The normalized spacial score (nSPS) is 15.2. The lowest BCUT2D eigenvalue weighted by Crippen LogP contribution is -2.48. The molecule has 3 rings (SSSR count). The third-order valence-electron chi connectivity index (χ3n) is 4.87. The fourth-order valence-corrected chi connectivity index (χ4v) is 3.73. The van der Waals surface area contributed by atoms with Crippen LogP contribution in [0.3, 0.4) is 0 Å². The SMILES string of the molecule is O=C(NC1CCN(C(=O)C(Cl)Cl)CC1)C(c1ccccc1)c1ccccc1. The summed E-state index contributed by atoms with van der Waals surface area (Å²) in [5.41, 5.74) is 1.92. The lowest BCUT2D eigenvalue weighted by molar-refractivity contribution is -0.130. The van der Waals surface area contributed by atoms with Crippen LogP contribution in [-0.2, 0) is 9.59 Å². The molecule has 2 aromatic rings. The Morgan fingerprint density at radius 1 is 0.889 bits per heavy atom. The first kappa shape index (κ1) is 19.7. The lowest BCUT2D eigenvalue weighted by Gasteiger charge is -2.33. The molecule has 6 heteroatoms. The van der Waals surface area contributed by atoms with E-state index in [0.717, 1.165) is 11.1 Å². The molecule has 142 valence electrons. The number of alkyl halides is 2. The molecule has 0 radical (unpaired) electrons. The van der Waals surface area contributed by atoms with Crippen molar-refractivity contribution in [2.24, 2.45) is 0 Å². The summed E-state index contributed by atoms with van der Waals surface area (Å²) in [7, 11) is 0. The summed E-state index contributed by atoms with van der Waals surface area (Å²) >= 11 is 11.3. The maximum absolute atomic E-state index is 13.1. The van der Waals surface area contributed by atoms with Crippen LogP contribution in [0.4, 0.5) is 0 Å². The van der Waals surface area contributed by atoms with Crippen LogP contribution in [0.2, 0.25) is 0 Å². The number of benzene rings is 2. The van der Waals surface area contributed by atoms with Gasteiger partial charge in [-0.3, -0.25) is 9.59 Å². The fourth-order valence-electron chi connectivity index (χ4n) is 3.45. The Hall–Kier alpha value is -2.04. The molecule has 2 amide bonds. The number of rotatable bonds is 5. The maximum atomic E-state index is 13.1. The minimum atomic E-state index is -1.03. The second-order valence-corrected chi connectivity index (χ2v) is 7.76. The Kier molecular flexibility index (Phi) is 6.75. The Morgan fingerprint density at radius 3 is 1.81 bits per heavy atom. The van der Waals surface area contributed by atoms with Gasteiger partial charge in [0.1, 0.15) is 0 Å². The number of nitrogens with zero attached hydrogens (tertiary/aromatic N) is 1. The van der Waals surface area contributed by atoms with Crippen LogP contribution < -0.4 is 5.32 Å². The van der Waals surface area contributed by atoms with Gasteiger partial charge in [-0.25, -0.2) is 0 Å². The topological polar surface area (TPSA) is 49.4 Å². The zero-order valence-corrected chi connectivity index (χ0v) is 16.4. The van der Waals surface area contributed by atoms with Crippen LogP contribution >= 0.6 is 23.2 Å². The zero-order valence-electron chi connectivity index (χ0n) is 14.9. The molecule has 4 nitrogen and oxygen atoms in total. The third-order valence-corrected chi connectivity index (χ3v) is 5.24. The molecule has 0 atom stereocenters. The van der Waals surface area contributed by atoms with E-state index in [1.54, 1.807) is 4.90 Å². The standard InChI is InChI=1S/C21H22Cl2N2O2/c22-19(23)21(27)25-13-11-17(12-14-25)24-20(26)18(15-7-3-1-4-8-15)16-9-5-2-6-10-16/h1-10,17-19H,11-14H2,(H,24,26). The van der Waals surface area contributed by atoms with Crippen molar-refractivity contribution >= 4 is 35.0 Å². The number of hydrogen-bond acceptors (Lipinski definition) is 2. The molecule has 1 aliphatic heterocycles. The van der Waals surface area contributed by atoms with Gasteiger partial charge in [0.15, 0.2) is 4.84 Å². The molecular formula is C21H22Cl2N2O2. The number of amides is 2. The van der Waals surface area contributed by atoms with Gasteiger partial charge in [0.05, 0.1) is 5.92 Å². The lowest BCUT2D eigenvalue weighted by atomic mass is 9.90. The van der Waals surface area contributed by atoms with E-state index in [4.69, 9.17) is 23.2 Å². The number of likely N-dealkylation sites (tertiary alicyclic amines) is 1. The molecule has 0 spiro atoms. The van der Waals surface area contributed by atoms with E-state index in [2.05, 4.69) is 5.32 Å². The van der Waals surface area contributed by atoms with Crippen LogP contribution in [0.5, 0.6) is 0 Å². The molecule has 0 saturated carbocycles. The monoisotopic (exact) mass is 404 g/mol. The number of hydrogen-bond donors (Lipinski definition) is 1. The second kappa shape index (κ2) is 9.25. The van der Waals surface area contributed by atoms with Crippen LogP contribution in [0.25, 0.3) is 0 Å². The molecule has 0 aromatic heterocycles. The van der Waals surface area contributed by atoms with Crippen molar-refractivity contribution in [2.75, 3.05) is 13.1 Å². The van der Waals surface area contributed by atoms with E-state index >= 15 is 0 Å². The van der Waals surface area contributed by atoms with Crippen LogP contribution in [-0.4, -0.2) is 40.7 Å². The number of carbonyl (C=O) groups is 2. The van der Waals surface area contributed by atoms with Crippen LogP contribution in [0.1, 0.15) is 29.9 Å². The van der Waals surface area contributed by atoms with E-state index in [0.29, 0.717) is 25.9 Å². The number of halogens is 2. The first-order valence-corrected chi connectivity index (χ1v) is 9.90. The summed E-state index contributed by atoms with van der Waals surface area (Å²) in [6.07, 6.45) is 1.38. The first-order valence-electron chi connectivity index (χ1n) is 9.03. The minimum Gasteiger partial charge on any atom is -0.352 e. The molecule has 1 heterocycles. The van der Waals surface area contributed by atoms with Gasteiger partial charge in [-0.15, -0.1) is 0 Å². The molecule has 2 aromatic carbocycles. The van der Waals surface area contributed by atoms with Crippen LogP contribution in [0, 0.1) is 0 Å². The van der Waals surface area contributed by atoms with E-state index in [1.165, 1.54) is 0 Å². The van der Waals surface area contributed by atoms with Crippen molar-refractivity contribution in [2.45, 2.75) is 29.6 Å². The van der Waals surface area contributed by atoms with E-state index in [9.17, 15) is 9.59 Å². The van der Waals surface area contributed by atoms with E-state index in [1.807, 2.05) is 60.7 Å². The highest BCUT2D eigenvalue weighted by molar-refractivity contribution is 6.53. The highest BCUT2D eigenvalue weighted by Gasteiger charge is 2.29. The molecule has 1 saturated heterocycles. The molecular weight excluding hydrogens is 383 g/mol. The second-order valence-electron chi connectivity index (χ2n) is 6.66. The van der Waals surface area contributed by atoms with Crippen molar-refractivity contribution in [1.29, 1.82) is 0 Å². The average molecular weight is 405 g/mol. The van der Waals surface area contributed by atoms with E-state index in [-0.39, 0.29) is 23.8 Å². The number of piperidine rings is 1. The predicted octanol–water partition coefficient (Wildman–Crippen LogP) is 3.73. The van der Waals surface area contributed by atoms with Gasteiger partial charge in [0.2, 0.25) is 5.91 Å². The summed E-state index contributed by atoms with van der Waals surface area (Å²) in [5.74, 6) is -0.651. The zero-order chi connectivity index (χ0) is 19.2. The average Bonchev–Trinajstić information content (AvgIpc) is 2.70. The first-order chi connectivity index (χ1) is 13.1. The largest absolute Gasteiger partial charge is 0.352 e. The Labute approximate surface area is 169 Å². The van der Waals surface area contributed by atoms with Crippen molar-refractivity contribution in [3.63, 3.8) is 0 Å². The fraction of sp³-hybridized carbons (Fsp3) is 0.333. The van der Waals surface area contributed by atoms with Gasteiger partial charge >= 0.3 is 0 Å². The maximum Gasteiger partial charge on any atom is 0.255 e. The highest BCUT2D eigenvalue weighted by Crippen LogP contribution is 2.25. The van der Waals surface area contributed by atoms with E-state index < -0.39 is 4.84 Å². The highest BCUT2D eigenvalue weighted by atomic mass is 35.5. The molecule has 1 aliphatic rings. The van der Waals surface area contributed by atoms with Gasteiger partial charge in [0.25, 0.3) is 5.91 Å². The number of carbonyl (C=O) groups excluding carboxylic acids is 2. The molecule has 0 aliphatic carbocycles. The Balaban J connectivity index is 1.69. The molecule has 1 N–H and O–H groups in total. The van der Waals surface area contributed by atoms with Crippen LogP contribution in [0.15, 0.2) is 60.7 Å². The molecule has 0 bridgehead atoms. The van der Waals surface area contributed by atoms with Gasteiger partial charge in [-0.1, -0.05) is 83.9 Å². The Morgan fingerprint density at radius 2 is 1.37 bits per heavy atom. The van der Waals surface area contributed by atoms with Crippen molar-refractivity contribution in [3.05, 3.63) is 71.8 Å². The smallest absolute Gasteiger partial charge is 0.255 e. The molecule has 1 fully saturated rings. The Bertz CT molecular complexity index is 721. The summed E-state index contributed by atoms with van der Waals surface area (Å²) in [6, 6.07) is 19.6. The van der Waals surface area contributed by atoms with Crippen molar-refractivity contribution in [3.8, 4) is 0 Å². The summed E-state index contributed by atoms with van der Waals surface area (Å²) in [6.45, 7) is 1.09. The summed E-state index contributed by atoms with van der Waals surface area (Å²) in [4.78, 5) is 25.6. The van der Waals surface area contributed by atoms with Gasteiger partial charge in [-0.2, -0.15) is 0 Å². The van der Waals surface area contributed by atoms with Gasteiger partial charge in [-0.05, 0) is 24.0 Å².